The molecule has 0 aromatic heterocycles. The molecule has 128 valence electrons. The van der Waals surface area contributed by atoms with Gasteiger partial charge in [-0.25, -0.2) is 0 Å². The zero-order chi connectivity index (χ0) is 14.5. The Kier molecular flexibility index (Phi) is 11.0. The van der Waals surface area contributed by atoms with Crippen molar-refractivity contribution in [2.45, 2.75) is 39.7 Å². The second-order valence-electron chi connectivity index (χ2n) is 6.30. The molecular weight excluding hydrogens is 383 g/mol. The highest BCUT2D eigenvalue weighted by molar-refractivity contribution is 9.10. The van der Waals surface area contributed by atoms with Crippen LogP contribution < -0.4 is 5.32 Å². The maximum Gasteiger partial charge on any atom is 0.0360 e. The summed E-state index contributed by atoms with van der Waals surface area (Å²) in [6.07, 6.45) is 2.54. The zero-order valence-electron chi connectivity index (χ0n) is 13.8. The lowest BCUT2D eigenvalue weighted by Crippen LogP contribution is -2.45. The number of hydrogen-bond acceptors (Lipinski definition) is 2. The summed E-state index contributed by atoms with van der Waals surface area (Å²) in [5, 5.41) is 3.46. The molecule has 1 N–H and O–H groups in total. The molecule has 1 atom stereocenters. The molecule has 0 amide bonds. The molecule has 1 aromatic carbocycles. The average molecular weight is 412 g/mol. The predicted molar refractivity (Wildman–Crippen MR) is 105 cm³/mol. The number of hydrogen-bond donors (Lipinski definition) is 1. The Labute approximate surface area is 156 Å². The molecule has 0 unspecified atom stereocenters. The van der Waals surface area contributed by atoms with Crippen molar-refractivity contribution in [3.63, 3.8) is 0 Å². The lowest BCUT2D eigenvalue weighted by atomic mass is 9.95. The van der Waals surface area contributed by atoms with Gasteiger partial charge in [0.1, 0.15) is 0 Å². The molecule has 0 bridgehead atoms. The van der Waals surface area contributed by atoms with E-state index in [1.807, 2.05) is 0 Å². The van der Waals surface area contributed by atoms with Gasteiger partial charge in [0.25, 0.3) is 0 Å². The molecule has 0 radical (unpaired) electrons. The Balaban J connectivity index is 0.00000220. The smallest absolute Gasteiger partial charge is 0.0360 e. The molecule has 22 heavy (non-hydrogen) atoms. The predicted octanol–water partition coefficient (Wildman–Crippen LogP) is 4.98. The van der Waals surface area contributed by atoms with Crippen LogP contribution in [0.3, 0.4) is 0 Å². The quantitative estimate of drug-likeness (QED) is 0.734. The number of aryl methyl sites for hydroxylation is 1. The van der Waals surface area contributed by atoms with Gasteiger partial charge in [-0.05, 0) is 42.9 Å². The molecule has 0 spiro atoms. The maximum absolute atomic E-state index is 3.78. The molecule has 2 nitrogen and oxygen atoms in total. The van der Waals surface area contributed by atoms with Gasteiger partial charge in [0, 0.05) is 36.7 Å². The van der Waals surface area contributed by atoms with Crippen molar-refractivity contribution in [3.05, 3.63) is 33.8 Å². The Morgan fingerprint density at radius 3 is 2.32 bits per heavy atom. The van der Waals surface area contributed by atoms with Crippen LogP contribution >= 0.6 is 40.7 Å². The monoisotopic (exact) mass is 410 g/mol. The lowest BCUT2D eigenvalue weighted by Gasteiger charge is -2.36. The largest absolute Gasteiger partial charge is 0.314 e. The van der Waals surface area contributed by atoms with E-state index in [9.17, 15) is 0 Å². The number of halogens is 3. The summed E-state index contributed by atoms with van der Waals surface area (Å²) in [4.78, 5) is 2.65. The number of benzene rings is 1. The summed E-state index contributed by atoms with van der Waals surface area (Å²) >= 11 is 3.78. The van der Waals surface area contributed by atoms with Crippen LogP contribution in [0.15, 0.2) is 22.7 Å². The fourth-order valence-electron chi connectivity index (χ4n) is 2.92. The summed E-state index contributed by atoms with van der Waals surface area (Å²) in [6, 6.07) is 7.35. The highest BCUT2D eigenvalue weighted by Gasteiger charge is 2.23. The Morgan fingerprint density at radius 1 is 1.14 bits per heavy atom. The minimum Gasteiger partial charge on any atom is -0.314 e. The van der Waals surface area contributed by atoms with E-state index in [0.717, 1.165) is 32.1 Å². The van der Waals surface area contributed by atoms with E-state index < -0.39 is 0 Å². The Morgan fingerprint density at radius 2 is 1.77 bits per heavy atom. The van der Waals surface area contributed by atoms with Crippen LogP contribution in [0.1, 0.15) is 43.9 Å². The van der Waals surface area contributed by atoms with Crippen molar-refractivity contribution < 1.29 is 0 Å². The first-order chi connectivity index (χ1) is 9.58. The molecule has 1 heterocycles. The molecule has 0 saturated carbocycles. The summed E-state index contributed by atoms with van der Waals surface area (Å²) in [6.45, 7) is 11.3. The van der Waals surface area contributed by atoms with E-state index in [1.165, 1.54) is 28.4 Å². The minimum absolute atomic E-state index is 0. The van der Waals surface area contributed by atoms with Crippen LogP contribution in [0, 0.1) is 12.8 Å². The van der Waals surface area contributed by atoms with Gasteiger partial charge in [0.15, 0.2) is 0 Å². The van der Waals surface area contributed by atoms with Crippen molar-refractivity contribution in [1.82, 2.24) is 10.2 Å². The molecule has 1 fully saturated rings. The van der Waals surface area contributed by atoms with E-state index in [-0.39, 0.29) is 24.8 Å². The Hall–Kier alpha value is 0.200. The maximum atomic E-state index is 3.78. The molecule has 1 saturated heterocycles. The van der Waals surface area contributed by atoms with E-state index in [1.54, 1.807) is 0 Å². The minimum atomic E-state index is 0. The molecule has 1 aromatic rings. The van der Waals surface area contributed by atoms with Crippen LogP contribution in [0.4, 0.5) is 0 Å². The van der Waals surface area contributed by atoms with Crippen LogP contribution in [0.25, 0.3) is 0 Å². The summed E-state index contributed by atoms with van der Waals surface area (Å²) < 4.78 is 1.27. The highest BCUT2D eigenvalue weighted by Crippen LogP contribution is 2.33. The third-order valence-corrected chi connectivity index (χ3v) is 4.81. The molecule has 2 rings (SSSR count). The van der Waals surface area contributed by atoms with Crippen LogP contribution in [0.5, 0.6) is 0 Å². The van der Waals surface area contributed by atoms with Gasteiger partial charge in [-0.3, -0.25) is 4.90 Å². The highest BCUT2D eigenvalue weighted by atomic mass is 79.9. The van der Waals surface area contributed by atoms with Crippen molar-refractivity contribution in [1.29, 1.82) is 0 Å². The van der Waals surface area contributed by atoms with Crippen molar-refractivity contribution >= 4 is 40.7 Å². The van der Waals surface area contributed by atoms with E-state index in [4.69, 9.17) is 0 Å². The first-order valence-corrected chi connectivity index (χ1v) is 8.58. The van der Waals surface area contributed by atoms with Crippen molar-refractivity contribution in [2.24, 2.45) is 5.92 Å². The molecule has 1 aliphatic rings. The fourth-order valence-corrected chi connectivity index (χ4v) is 3.68. The number of piperazine rings is 1. The molecule has 1 aliphatic heterocycles. The van der Waals surface area contributed by atoms with Crippen molar-refractivity contribution in [2.75, 3.05) is 26.2 Å². The summed E-state index contributed by atoms with van der Waals surface area (Å²) in [5.41, 5.74) is 2.78. The van der Waals surface area contributed by atoms with E-state index >= 15 is 0 Å². The van der Waals surface area contributed by atoms with Gasteiger partial charge in [0.2, 0.25) is 0 Å². The normalized spacial score (nSPS) is 16.8. The number of rotatable bonds is 5. The first-order valence-electron chi connectivity index (χ1n) is 7.78. The SMILES string of the molecule is Cc1ccc([C@H](CCC(C)C)N2CCNCC2)c(Br)c1.Cl.Cl. The average Bonchev–Trinajstić information content (AvgIpc) is 2.42. The third-order valence-electron chi connectivity index (χ3n) is 4.12. The van der Waals surface area contributed by atoms with Gasteiger partial charge in [0.05, 0.1) is 0 Å². The van der Waals surface area contributed by atoms with E-state index in [2.05, 4.69) is 65.1 Å². The van der Waals surface area contributed by atoms with Crippen LogP contribution in [-0.2, 0) is 0 Å². The lowest BCUT2D eigenvalue weighted by molar-refractivity contribution is 0.159. The van der Waals surface area contributed by atoms with Gasteiger partial charge in [-0.15, -0.1) is 24.8 Å². The molecular formula is C17H29BrCl2N2. The summed E-state index contributed by atoms with van der Waals surface area (Å²) in [7, 11) is 0. The Bertz CT molecular complexity index is 435. The number of nitrogens with one attached hydrogen (secondary N) is 1. The van der Waals surface area contributed by atoms with Crippen molar-refractivity contribution in [3.8, 4) is 0 Å². The van der Waals surface area contributed by atoms with Gasteiger partial charge in [-0.2, -0.15) is 0 Å². The topological polar surface area (TPSA) is 15.3 Å². The third kappa shape index (κ3) is 6.37. The zero-order valence-corrected chi connectivity index (χ0v) is 17.0. The second-order valence-corrected chi connectivity index (χ2v) is 7.15. The molecule has 0 aliphatic carbocycles. The number of nitrogens with zero attached hydrogens (tertiary/aromatic N) is 1. The van der Waals surface area contributed by atoms with E-state index in [0.29, 0.717) is 6.04 Å². The standard InChI is InChI=1S/C17H27BrN2.2ClH/c1-13(2)4-7-17(20-10-8-19-9-11-20)15-6-5-14(3)12-16(15)18;;/h5-6,12-13,17,19H,4,7-11H2,1-3H3;2*1H/t17-;;/m0../s1. The van der Waals surface area contributed by atoms with Crippen LogP contribution in [-0.4, -0.2) is 31.1 Å². The fraction of sp³-hybridized carbons (Fsp3) is 0.647. The summed E-state index contributed by atoms with van der Waals surface area (Å²) in [5.74, 6) is 0.768. The molecule has 5 heteroatoms. The van der Waals surface area contributed by atoms with Gasteiger partial charge >= 0.3 is 0 Å². The van der Waals surface area contributed by atoms with Gasteiger partial charge < -0.3 is 5.32 Å². The van der Waals surface area contributed by atoms with Crippen LogP contribution in [0.2, 0.25) is 0 Å². The first kappa shape index (κ1) is 22.2. The second kappa shape index (κ2) is 10.9. The van der Waals surface area contributed by atoms with Gasteiger partial charge in [-0.1, -0.05) is 41.9 Å².